The van der Waals surface area contributed by atoms with Gasteiger partial charge in [0.25, 0.3) is 5.09 Å². The number of carbonyl (C=O) groups is 2. The number of aromatic nitrogens is 2. The monoisotopic (exact) mass is 424 g/mol. The number of rotatable bonds is 10. The van der Waals surface area contributed by atoms with Gasteiger partial charge in [-0.3, -0.25) is 0 Å². The molecule has 1 aromatic rings. The lowest BCUT2D eigenvalue weighted by atomic mass is 9.83. The summed E-state index contributed by atoms with van der Waals surface area (Å²) < 4.78 is 17.0. The number of nitrogens with one attached hydrogen (secondary N) is 1. The maximum atomic E-state index is 12.8. The second-order valence-electron chi connectivity index (χ2n) is 6.39. The van der Waals surface area contributed by atoms with E-state index in [0.717, 1.165) is 0 Å². The molecule has 30 heavy (non-hydrogen) atoms. The highest BCUT2D eigenvalue weighted by molar-refractivity contribution is 5.99. The molecule has 0 bridgehead atoms. The van der Waals surface area contributed by atoms with Gasteiger partial charge in [0.2, 0.25) is 0 Å². The third-order valence-corrected chi connectivity index (χ3v) is 4.38. The van der Waals surface area contributed by atoms with Crippen molar-refractivity contribution in [1.82, 2.24) is 14.9 Å². The normalized spacial score (nSPS) is 16.2. The summed E-state index contributed by atoms with van der Waals surface area (Å²) in [6.07, 6.45) is 3.09. The highest BCUT2D eigenvalue weighted by Gasteiger charge is 2.39. The highest BCUT2D eigenvalue weighted by Crippen LogP contribution is 2.38. The topological polar surface area (TPSA) is 144 Å². The van der Waals surface area contributed by atoms with Gasteiger partial charge in [-0.05, 0) is 13.8 Å². The quantitative estimate of drug-likeness (QED) is 0.245. The standard InChI is InChI=1S/C18H24N4O8/c1-11-14(17(23)28-6-5-27-4)16(13-9-19-10-21(13)3)15(12(2)20-11)18(24)29-7-8-30-22(25)26/h9-10,16,20H,5-8H2,1-4H3. The average molecular weight is 424 g/mol. The van der Waals surface area contributed by atoms with Crippen LogP contribution in [-0.2, 0) is 35.7 Å². The zero-order chi connectivity index (χ0) is 22.3. The van der Waals surface area contributed by atoms with E-state index in [-0.39, 0.29) is 31.0 Å². The molecule has 0 spiro atoms. The van der Waals surface area contributed by atoms with E-state index in [1.807, 2.05) is 0 Å². The molecule has 0 saturated carbocycles. The van der Waals surface area contributed by atoms with Crippen LogP contribution in [0.15, 0.2) is 35.1 Å². The fraction of sp³-hybridized carbons (Fsp3) is 0.500. The molecule has 1 aliphatic heterocycles. The number of dihydropyridines is 1. The lowest BCUT2D eigenvalue weighted by molar-refractivity contribution is -0.757. The van der Waals surface area contributed by atoms with Gasteiger partial charge in [0.05, 0.1) is 30.0 Å². The summed E-state index contributed by atoms with van der Waals surface area (Å²) in [5.41, 5.74) is 1.97. The Morgan fingerprint density at radius 2 is 1.70 bits per heavy atom. The molecule has 0 radical (unpaired) electrons. The maximum absolute atomic E-state index is 12.8. The molecule has 2 rings (SSSR count). The Hall–Kier alpha value is -3.41. The number of imidazole rings is 1. The second-order valence-corrected chi connectivity index (χ2v) is 6.39. The third kappa shape index (κ3) is 5.35. The Labute approximate surface area is 172 Å². The first-order valence-corrected chi connectivity index (χ1v) is 9.03. The van der Waals surface area contributed by atoms with Crippen LogP contribution in [0.1, 0.15) is 25.5 Å². The number of nitrogens with zero attached hydrogens (tertiary/aromatic N) is 3. The summed E-state index contributed by atoms with van der Waals surface area (Å²) in [5.74, 6) is -2.16. The maximum Gasteiger partial charge on any atom is 0.336 e. The Morgan fingerprint density at radius 3 is 2.17 bits per heavy atom. The van der Waals surface area contributed by atoms with Crippen molar-refractivity contribution in [3.05, 3.63) is 50.9 Å². The SMILES string of the molecule is COCCOC(=O)C1=C(C)NC(C)=C(C(=O)OCCO[N+](=O)[O-])C1c1cncn1C. The fourth-order valence-corrected chi connectivity index (χ4v) is 3.10. The van der Waals surface area contributed by atoms with Crippen LogP contribution in [-0.4, -0.2) is 60.1 Å². The molecule has 0 aromatic carbocycles. The minimum absolute atomic E-state index is 0.0466. The van der Waals surface area contributed by atoms with Gasteiger partial charge in [-0.2, -0.15) is 0 Å². The lowest BCUT2D eigenvalue weighted by Gasteiger charge is -2.30. The minimum atomic E-state index is -0.973. The number of hydrogen-bond acceptors (Lipinski definition) is 10. The first kappa shape index (κ1) is 22.9. The van der Waals surface area contributed by atoms with E-state index in [0.29, 0.717) is 17.1 Å². The first-order valence-electron chi connectivity index (χ1n) is 9.03. The Bertz CT molecular complexity index is 873. The van der Waals surface area contributed by atoms with Crippen LogP contribution >= 0.6 is 0 Å². The van der Waals surface area contributed by atoms with Gasteiger partial charge < -0.3 is 28.9 Å². The van der Waals surface area contributed by atoms with Crippen molar-refractivity contribution in [1.29, 1.82) is 0 Å². The number of esters is 2. The molecule has 0 saturated heterocycles. The Morgan fingerprint density at radius 1 is 1.13 bits per heavy atom. The van der Waals surface area contributed by atoms with Crippen LogP contribution in [0, 0.1) is 10.1 Å². The summed E-state index contributed by atoms with van der Waals surface area (Å²) in [6.45, 7) is 2.91. The highest BCUT2D eigenvalue weighted by atomic mass is 17.0. The number of aryl methyl sites for hydroxylation is 1. The third-order valence-electron chi connectivity index (χ3n) is 4.38. The number of hydrogen-bond donors (Lipinski definition) is 1. The van der Waals surface area contributed by atoms with Gasteiger partial charge >= 0.3 is 11.9 Å². The summed E-state index contributed by atoms with van der Waals surface area (Å²) in [7, 11) is 3.22. The summed E-state index contributed by atoms with van der Waals surface area (Å²) in [4.78, 5) is 44.2. The summed E-state index contributed by atoms with van der Waals surface area (Å²) in [5, 5.41) is 12.3. The van der Waals surface area contributed by atoms with Crippen molar-refractivity contribution in [2.24, 2.45) is 7.05 Å². The van der Waals surface area contributed by atoms with Crippen molar-refractivity contribution >= 4 is 11.9 Å². The average Bonchev–Trinajstić information content (AvgIpc) is 3.10. The van der Waals surface area contributed by atoms with Gasteiger partial charge in [-0.15, -0.1) is 10.1 Å². The van der Waals surface area contributed by atoms with Crippen LogP contribution in [0.5, 0.6) is 0 Å². The number of allylic oxidation sites excluding steroid dienone is 2. The molecule has 12 nitrogen and oxygen atoms in total. The zero-order valence-corrected chi connectivity index (χ0v) is 17.2. The van der Waals surface area contributed by atoms with E-state index in [1.54, 1.807) is 38.0 Å². The van der Waals surface area contributed by atoms with Crippen molar-refractivity contribution in [3.8, 4) is 0 Å². The Balaban J connectivity index is 2.35. The van der Waals surface area contributed by atoms with Gasteiger partial charge in [0.15, 0.2) is 0 Å². The molecule has 164 valence electrons. The summed E-state index contributed by atoms with van der Waals surface area (Å²) >= 11 is 0. The van der Waals surface area contributed by atoms with Crippen LogP contribution in [0.2, 0.25) is 0 Å². The number of methoxy groups -OCH3 is 1. The molecule has 0 amide bonds. The molecular formula is C18H24N4O8. The lowest BCUT2D eigenvalue weighted by Crippen LogP contribution is -2.33. The van der Waals surface area contributed by atoms with Crippen molar-refractivity contribution in [2.75, 3.05) is 33.5 Å². The van der Waals surface area contributed by atoms with Crippen molar-refractivity contribution in [2.45, 2.75) is 19.8 Å². The predicted molar refractivity (Wildman–Crippen MR) is 101 cm³/mol. The van der Waals surface area contributed by atoms with E-state index in [4.69, 9.17) is 14.2 Å². The summed E-state index contributed by atoms with van der Waals surface area (Å²) in [6, 6.07) is 0. The van der Waals surface area contributed by atoms with Gasteiger partial charge in [-0.1, -0.05) is 0 Å². The van der Waals surface area contributed by atoms with Crippen molar-refractivity contribution < 1.29 is 33.7 Å². The molecule has 1 unspecified atom stereocenters. The molecule has 2 heterocycles. The smallest absolute Gasteiger partial charge is 0.336 e. The second kappa shape index (κ2) is 10.4. The predicted octanol–water partition coefficient (Wildman–Crippen LogP) is 0.596. The Kier molecular flexibility index (Phi) is 7.92. The molecule has 1 aliphatic rings. The molecule has 12 heteroatoms. The molecule has 0 fully saturated rings. The van der Waals surface area contributed by atoms with Crippen LogP contribution < -0.4 is 5.32 Å². The van der Waals surface area contributed by atoms with E-state index in [2.05, 4.69) is 15.1 Å². The molecular weight excluding hydrogens is 400 g/mol. The van der Waals surface area contributed by atoms with Crippen molar-refractivity contribution in [3.63, 3.8) is 0 Å². The van der Waals surface area contributed by atoms with Gasteiger partial charge in [0.1, 0.15) is 19.8 Å². The van der Waals surface area contributed by atoms with Crippen LogP contribution in [0.3, 0.4) is 0 Å². The molecule has 1 aromatic heterocycles. The van der Waals surface area contributed by atoms with E-state index >= 15 is 0 Å². The van der Waals surface area contributed by atoms with Crippen LogP contribution in [0.4, 0.5) is 0 Å². The van der Waals surface area contributed by atoms with E-state index in [9.17, 15) is 19.7 Å². The molecule has 1 atom stereocenters. The molecule has 0 aliphatic carbocycles. The number of ether oxygens (including phenoxy) is 3. The minimum Gasteiger partial charge on any atom is -0.460 e. The molecule has 1 N–H and O–H groups in total. The zero-order valence-electron chi connectivity index (χ0n) is 17.2. The largest absolute Gasteiger partial charge is 0.460 e. The first-order chi connectivity index (χ1) is 14.3. The van der Waals surface area contributed by atoms with E-state index < -0.39 is 29.6 Å². The van der Waals surface area contributed by atoms with E-state index in [1.165, 1.54) is 7.11 Å². The van der Waals surface area contributed by atoms with Gasteiger partial charge in [-0.25, -0.2) is 14.6 Å². The fourth-order valence-electron chi connectivity index (χ4n) is 3.10. The number of carbonyl (C=O) groups excluding carboxylic acids is 2. The van der Waals surface area contributed by atoms with Gasteiger partial charge in [0, 0.05) is 37.4 Å². The van der Waals surface area contributed by atoms with Crippen LogP contribution in [0.25, 0.3) is 0 Å².